The summed E-state index contributed by atoms with van der Waals surface area (Å²) in [6.45, 7) is -0.214. The number of carbonyl (C=O) groups excluding carboxylic acids is 1. The average molecular weight is 298 g/mol. The lowest BCUT2D eigenvalue weighted by Crippen LogP contribution is -2.50. The van der Waals surface area contributed by atoms with E-state index in [2.05, 4.69) is 0 Å². The number of hydrogen-bond acceptors (Lipinski definition) is 3. The number of hydrogen-bond donors (Lipinski definition) is 2. The van der Waals surface area contributed by atoms with Crippen LogP contribution in [-0.4, -0.2) is 70.0 Å². The number of aliphatic hydroxyl groups excluding tert-OH is 1. The molecule has 0 aromatic heterocycles. The van der Waals surface area contributed by atoms with Gasteiger partial charge in [0.05, 0.1) is 6.10 Å². The van der Waals surface area contributed by atoms with Gasteiger partial charge in [0.15, 0.2) is 0 Å². The second kappa shape index (κ2) is 6.29. The molecular weight excluding hydrogens is 281 g/mol. The third kappa shape index (κ3) is 4.26. The van der Waals surface area contributed by atoms with Crippen molar-refractivity contribution in [1.29, 1.82) is 0 Å². The molecule has 1 aliphatic rings. The Labute approximate surface area is 113 Å². The van der Waals surface area contributed by atoms with Crippen LogP contribution in [0.1, 0.15) is 19.8 Å². The van der Waals surface area contributed by atoms with Gasteiger partial charge in [-0.05, 0) is 6.42 Å². The zero-order valence-electron chi connectivity index (χ0n) is 10.9. The summed E-state index contributed by atoms with van der Waals surface area (Å²) in [6, 6.07) is -2.29. The molecule has 1 rings (SSSR count). The summed E-state index contributed by atoms with van der Waals surface area (Å²) in [5, 5.41) is 18.4. The van der Waals surface area contributed by atoms with Gasteiger partial charge < -0.3 is 20.0 Å². The number of amides is 2. The average Bonchev–Trinajstić information content (AvgIpc) is 2.68. The van der Waals surface area contributed by atoms with Gasteiger partial charge in [-0.2, -0.15) is 13.2 Å². The lowest BCUT2D eigenvalue weighted by Gasteiger charge is -2.30. The van der Waals surface area contributed by atoms with E-state index in [1.54, 1.807) is 6.92 Å². The van der Waals surface area contributed by atoms with Crippen LogP contribution in [0.2, 0.25) is 0 Å². The molecule has 6 nitrogen and oxygen atoms in total. The maximum absolute atomic E-state index is 12.4. The number of likely N-dealkylation sites (tertiary alicyclic amines) is 1. The molecule has 2 N–H and O–H groups in total. The molecule has 0 bridgehead atoms. The maximum Gasteiger partial charge on any atom is 0.406 e. The first kappa shape index (κ1) is 16.5. The predicted molar refractivity (Wildman–Crippen MR) is 62.1 cm³/mol. The van der Waals surface area contributed by atoms with Crippen LogP contribution < -0.4 is 0 Å². The zero-order chi connectivity index (χ0) is 15.5. The molecule has 0 unspecified atom stereocenters. The lowest BCUT2D eigenvalue weighted by atomic mass is 10.2. The number of aliphatic carboxylic acids is 1. The van der Waals surface area contributed by atoms with E-state index in [1.807, 2.05) is 0 Å². The Morgan fingerprint density at radius 2 is 2.00 bits per heavy atom. The number of β-amino-alcohol motifs (C(OH)–C–C–N with tert-alkyl or cyclic N) is 1. The van der Waals surface area contributed by atoms with Crippen LogP contribution in [0, 0.1) is 0 Å². The Bertz CT molecular complexity index is 375. The third-order valence-electron chi connectivity index (χ3n) is 2.94. The molecule has 1 heterocycles. The highest BCUT2D eigenvalue weighted by Gasteiger charge is 2.42. The smallest absolute Gasteiger partial charge is 0.406 e. The zero-order valence-corrected chi connectivity index (χ0v) is 10.9. The molecule has 0 aromatic rings. The van der Waals surface area contributed by atoms with Gasteiger partial charge in [0, 0.05) is 19.5 Å². The van der Waals surface area contributed by atoms with Crippen molar-refractivity contribution in [3.05, 3.63) is 0 Å². The highest BCUT2D eigenvalue weighted by atomic mass is 19.4. The monoisotopic (exact) mass is 298 g/mol. The summed E-state index contributed by atoms with van der Waals surface area (Å²) >= 11 is 0. The molecular formula is C11H17F3N2O4. The topological polar surface area (TPSA) is 81.1 Å². The van der Waals surface area contributed by atoms with Gasteiger partial charge in [-0.1, -0.05) is 6.92 Å². The Morgan fingerprint density at radius 3 is 2.45 bits per heavy atom. The van der Waals surface area contributed by atoms with Crippen LogP contribution in [0.25, 0.3) is 0 Å². The number of carboxylic acid groups (broad SMARTS) is 1. The number of nitrogens with zero attached hydrogens (tertiary/aromatic N) is 2. The van der Waals surface area contributed by atoms with E-state index in [0.29, 0.717) is 11.3 Å². The number of carboxylic acids is 1. The number of aliphatic hydroxyl groups is 1. The number of carbonyl (C=O) groups is 2. The molecule has 1 fully saturated rings. The second-order valence-electron chi connectivity index (χ2n) is 4.72. The molecule has 0 spiro atoms. The van der Waals surface area contributed by atoms with Crippen LogP contribution >= 0.6 is 0 Å². The quantitative estimate of drug-likeness (QED) is 0.808. The van der Waals surface area contributed by atoms with Gasteiger partial charge in [0.2, 0.25) is 0 Å². The normalized spacial score (nSPS) is 22.9. The number of rotatable bonds is 4. The fourth-order valence-electron chi connectivity index (χ4n) is 2.17. The summed E-state index contributed by atoms with van der Waals surface area (Å²) in [5.74, 6) is -1.33. The third-order valence-corrected chi connectivity index (χ3v) is 2.94. The van der Waals surface area contributed by atoms with Crippen molar-refractivity contribution in [3.63, 3.8) is 0 Å². The van der Waals surface area contributed by atoms with Crippen LogP contribution in [0.4, 0.5) is 18.0 Å². The Balaban J connectivity index is 2.85. The maximum atomic E-state index is 12.4. The highest BCUT2D eigenvalue weighted by Crippen LogP contribution is 2.23. The number of halogens is 3. The molecule has 0 aromatic carbocycles. The van der Waals surface area contributed by atoms with Crippen molar-refractivity contribution >= 4 is 12.0 Å². The largest absolute Gasteiger partial charge is 0.480 e. The van der Waals surface area contributed by atoms with Crippen molar-refractivity contribution in [2.45, 2.75) is 38.1 Å². The van der Waals surface area contributed by atoms with E-state index in [9.17, 15) is 27.9 Å². The van der Waals surface area contributed by atoms with Gasteiger partial charge in [0.1, 0.15) is 12.6 Å². The summed E-state index contributed by atoms with van der Waals surface area (Å²) in [6.07, 6.45) is -5.44. The molecule has 9 heteroatoms. The van der Waals surface area contributed by atoms with Crippen molar-refractivity contribution in [1.82, 2.24) is 9.80 Å². The standard InChI is InChI=1S/C11H17F3N2O4/c1-2-3-15(6-11(12,13)14)10(20)16-5-7(17)4-8(16)9(18)19/h7-8,17H,2-6H2,1H3,(H,18,19)/t7-,8-/m0/s1. The molecule has 2 amide bonds. The number of alkyl halides is 3. The Hall–Kier alpha value is -1.51. The van der Waals surface area contributed by atoms with Gasteiger partial charge in [0.25, 0.3) is 0 Å². The lowest BCUT2D eigenvalue weighted by molar-refractivity contribution is -0.144. The van der Waals surface area contributed by atoms with Gasteiger partial charge in [-0.15, -0.1) is 0 Å². The molecule has 1 aliphatic heterocycles. The Morgan fingerprint density at radius 1 is 1.40 bits per heavy atom. The summed E-state index contributed by atoms with van der Waals surface area (Å²) in [7, 11) is 0. The minimum Gasteiger partial charge on any atom is -0.480 e. The summed E-state index contributed by atoms with van der Waals surface area (Å²) < 4.78 is 37.3. The highest BCUT2D eigenvalue weighted by molar-refractivity contribution is 5.83. The predicted octanol–water partition coefficient (Wildman–Crippen LogP) is 0.901. The first-order valence-corrected chi connectivity index (χ1v) is 6.19. The van der Waals surface area contributed by atoms with E-state index in [-0.39, 0.29) is 19.5 Å². The van der Waals surface area contributed by atoms with Gasteiger partial charge in [-0.3, -0.25) is 0 Å². The molecule has 0 saturated carbocycles. The van der Waals surface area contributed by atoms with E-state index in [1.165, 1.54) is 0 Å². The molecule has 0 aliphatic carbocycles. The molecule has 116 valence electrons. The first-order valence-electron chi connectivity index (χ1n) is 6.19. The molecule has 1 saturated heterocycles. The molecule has 0 radical (unpaired) electrons. The minimum absolute atomic E-state index is 0.128. The van der Waals surface area contributed by atoms with Crippen LogP contribution in [-0.2, 0) is 4.79 Å². The van der Waals surface area contributed by atoms with Crippen LogP contribution in [0.3, 0.4) is 0 Å². The fraction of sp³-hybridized carbons (Fsp3) is 0.818. The van der Waals surface area contributed by atoms with Crippen LogP contribution in [0.15, 0.2) is 0 Å². The van der Waals surface area contributed by atoms with E-state index in [4.69, 9.17) is 5.11 Å². The van der Waals surface area contributed by atoms with Gasteiger partial charge in [-0.25, -0.2) is 9.59 Å². The van der Waals surface area contributed by atoms with Crippen molar-refractivity contribution < 1.29 is 33.0 Å². The minimum atomic E-state index is -4.55. The number of urea groups is 1. The first-order chi connectivity index (χ1) is 9.15. The van der Waals surface area contributed by atoms with E-state index >= 15 is 0 Å². The van der Waals surface area contributed by atoms with Crippen molar-refractivity contribution in [2.75, 3.05) is 19.6 Å². The van der Waals surface area contributed by atoms with Gasteiger partial charge >= 0.3 is 18.2 Å². The van der Waals surface area contributed by atoms with E-state index in [0.717, 1.165) is 4.90 Å². The summed E-state index contributed by atoms with van der Waals surface area (Å²) in [4.78, 5) is 24.4. The molecule has 20 heavy (non-hydrogen) atoms. The van der Waals surface area contributed by atoms with Crippen molar-refractivity contribution in [2.24, 2.45) is 0 Å². The van der Waals surface area contributed by atoms with Crippen LogP contribution in [0.5, 0.6) is 0 Å². The SMILES string of the molecule is CCCN(CC(F)(F)F)C(=O)N1C[C@@H](O)C[C@H]1C(=O)O. The fourth-order valence-corrected chi connectivity index (χ4v) is 2.17. The second-order valence-corrected chi connectivity index (χ2v) is 4.72. The van der Waals surface area contributed by atoms with Crippen molar-refractivity contribution in [3.8, 4) is 0 Å². The van der Waals surface area contributed by atoms with E-state index < -0.39 is 36.9 Å². The Kier molecular flexibility index (Phi) is 5.21. The summed E-state index contributed by atoms with van der Waals surface area (Å²) in [5.41, 5.74) is 0. The molecule has 2 atom stereocenters.